The first-order chi connectivity index (χ1) is 26.9. The molecule has 0 spiro atoms. The van der Waals surface area contributed by atoms with Crippen LogP contribution in [0.2, 0.25) is 0 Å². The number of carbonyl (C=O) groups is 3. The van der Waals surface area contributed by atoms with Crippen molar-refractivity contribution in [2.75, 3.05) is 27.8 Å². The average molecular weight is 830 g/mol. The molecule has 0 unspecified atom stereocenters. The normalized spacial score (nSPS) is 44.1. The van der Waals surface area contributed by atoms with Crippen molar-refractivity contribution in [1.29, 1.82) is 0 Å². The van der Waals surface area contributed by atoms with Gasteiger partial charge in [-0.1, -0.05) is 20.8 Å². The molecular weight excluding hydrogens is 758 g/mol. The molecular formula is C42H71NO15. The maximum atomic E-state index is 14.3. The van der Waals surface area contributed by atoms with Gasteiger partial charge in [0, 0.05) is 37.8 Å². The van der Waals surface area contributed by atoms with Crippen LogP contribution in [0.25, 0.3) is 0 Å². The summed E-state index contributed by atoms with van der Waals surface area (Å²) in [7, 11) is 5.25. The first kappa shape index (κ1) is 48.3. The quantitative estimate of drug-likeness (QED) is 0.156. The minimum Gasteiger partial charge on any atom is -0.489 e. The van der Waals surface area contributed by atoms with E-state index in [9.17, 15) is 29.7 Å². The molecule has 0 aromatic rings. The molecule has 4 heterocycles. The molecule has 0 aliphatic carbocycles. The lowest BCUT2D eigenvalue weighted by Gasteiger charge is -2.49. The van der Waals surface area contributed by atoms with Crippen LogP contribution in [0, 0.1) is 17.8 Å². The molecule has 4 rings (SSSR count). The molecule has 334 valence electrons. The first-order valence-electron chi connectivity index (χ1n) is 20.8. The molecule has 58 heavy (non-hydrogen) atoms. The van der Waals surface area contributed by atoms with Crippen molar-refractivity contribution in [3.05, 3.63) is 11.3 Å². The maximum absolute atomic E-state index is 14.3. The van der Waals surface area contributed by atoms with E-state index in [1.165, 1.54) is 14.0 Å². The smallest absolute Gasteiger partial charge is 0.317 e. The highest BCUT2D eigenvalue weighted by molar-refractivity contribution is 5.91. The van der Waals surface area contributed by atoms with E-state index in [4.69, 9.17) is 42.6 Å². The zero-order valence-corrected chi connectivity index (χ0v) is 37.0. The number of hydrogen-bond acceptors (Lipinski definition) is 16. The molecule has 0 amide bonds. The van der Waals surface area contributed by atoms with E-state index < -0.39 is 114 Å². The van der Waals surface area contributed by atoms with Gasteiger partial charge in [-0.2, -0.15) is 0 Å². The number of aliphatic hydroxyl groups excluding tert-OH is 2. The van der Waals surface area contributed by atoms with Gasteiger partial charge in [0.25, 0.3) is 0 Å². The molecule has 0 radical (unpaired) electrons. The number of likely N-dealkylation sites (N-methyl/N-ethyl adjacent to an activating group) is 1. The number of nitrogens with zero attached hydrogens (tertiary/aromatic N) is 1. The van der Waals surface area contributed by atoms with Crippen molar-refractivity contribution < 1.29 is 72.3 Å². The van der Waals surface area contributed by atoms with Crippen LogP contribution in [-0.4, -0.2) is 150 Å². The summed E-state index contributed by atoms with van der Waals surface area (Å²) >= 11 is 0. The highest BCUT2D eigenvalue weighted by Gasteiger charge is 2.56. The minimum atomic E-state index is -1.87. The topological polar surface area (TPSA) is 198 Å². The van der Waals surface area contributed by atoms with Crippen molar-refractivity contribution in [2.45, 2.75) is 193 Å². The van der Waals surface area contributed by atoms with Gasteiger partial charge in [0.15, 0.2) is 18.7 Å². The summed E-state index contributed by atoms with van der Waals surface area (Å²) < 4.78 is 55.9. The maximum Gasteiger partial charge on any atom is 0.317 e. The SMILES string of the molecule is CCOC(=O)CC(=O)O[C@H]1[C@H](C)O[C@@H](O[C@H]2[C@H](C)[C@@H](O[C@@H]3O[C@H](C)C[C@H](N(C)C)[C@H]3O)[C@@]3(C)CC(C)=C(O3)[C@H](C)[C@@H](O)[C@](C)(O)[C@@H](CC)OC(=O)[C@@H]2C)C[C@@]1(C)OC. The molecule has 16 heteroatoms. The van der Waals surface area contributed by atoms with Crippen LogP contribution < -0.4 is 0 Å². The van der Waals surface area contributed by atoms with E-state index in [0.717, 1.165) is 5.57 Å². The number of rotatable bonds is 11. The Kier molecular flexibility index (Phi) is 15.9. The monoisotopic (exact) mass is 829 g/mol. The number of aliphatic hydroxyl groups is 3. The second-order valence-corrected chi connectivity index (χ2v) is 17.8. The van der Waals surface area contributed by atoms with Gasteiger partial charge in [0.2, 0.25) is 0 Å². The predicted octanol–water partition coefficient (Wildman–Crippen LogP) is 3.40. The fourth-order valence-corrected chi connectivity index (χ4v) is 9.45. The van der Waals surface area contributed by atoms with Crippen LogP contribution in [-0.2, 0) is 57.0 Å². The summed E-state index contributed by atoms with van der Waals surface area (Å²) in [6, 6.07) is -0.279. The molecule has 3 saturated heterocycles. The molecule has 16 nitrogen and oxygen atoms in total. The molecule has 4 aliphatic heterocycles. The van der Waals surface area contributed by atoms with Crippen LogP contribution in [0.15, 0.2) is 11.3 Å². The molecule has 3 N–H and O–H groups in total. The van der Waals surface area contributed by atoms with Crippen LogP contribution in [0.3, 0.4) is 0 Å². The third kappa shape index (κ3) is 10.2. The Balaban J connectivity index is 1.78. The van der Waals surface area contributed by atoms with Gasteiger partial charge >= 0.3 is 17.9 Å². The van der Waals surface area contributed by atoms with Crippen LogP contribution in [0.5, 0.6) is 0 Å². The van der Waals surface area contributed by atoms with Crippen molar-refractivity contribution in [3.8, 4) is 0 Å². The Hall–Kier alpha value is -2.41. The summed E-state index contributed by atoms with van der Waals surface area (Å²) in [6.07, 6.45) is -8.96. The van der Waals surface area contributed by atoms with E-state index in [0.29, 0.717) is 18.6 Å². The number of carbonyl (C=O) groups excluding carboxylic acids is 3. The van der Waals surface area contributed by atoms with Crippen molar-refractivity contribution in [2.24, 2.45) is 17.8 Å². The fourth-order valence-electron chi connectivity index (χ4n) is 9.45. The Morgan fingerprint density at radius 3 is 2.19 bits per heavy atom. The summed E-state index contributed by atoms with van der Waals surface area (Å²) in [6.45, 7) is 19.4. The van der Waals surface area contributed by atoms with E-state index in [1.807, 2.05) is 46.7 Å². The van der Waals surface area contributed by atoms with Crippen molar-refractivity contribution in [3.63, 3.8) is 0 Å². The highest BCUT2D eigenvalue weighted by Crippen LogP contribution is 2.47. The van der Waals surface area contributed by atoms with Gasteiger partial charge in [0.05, 0.1) is 36.9 Å². The number of esters is 3. The molecule has 17 atom stereocenters. The Bertz CT molecular complexity index is 1470. The molecule has 3 fully saturated rings. The summed E-state index contributed by atoms with van der Waals surface area (Å²) in [4.78, 5) is 41.1. The van der Waals surface area contributed by atoms with Crippen molar-refractivity contribution in [1.82, 2.24) is 4.90 Å². The van der Waals surface area contributed by atoms with Gasteiger partial charge in [0.1, 0.15) is 47.3 Å². The number of fused-ring (bicyclic) bond motifs is 2. The number of ether oxygens (including phenoxy) is 9. The first-order valence-corrected chi connectivity index (χ1v) is 20.8. The molecule has 2 bridgehead atoms. The highest BCUT2D eigenvalue weighted by atomic mass is 16.7. The van der Waals surface area contributed by atoms with E-state index >= 15 is 0 Å². The number of cyclic esters (lactones) is 1. The van der Waals surface area contributed by atoms with Crippen LogP contribution in [0.1, 0.15) is 108 Å². The third-order valence-electron chi connectivity index (χ3n) is 12.8. The molecule has 0 saturated carbocycles. The van der Waals surface area contributed by atoms with Gasteiger partial charge < -0.3 is 62.9 Å². The average Bonchev–Trinajstić information content (AvgIpc) is 3.46. The lowest BCUT2D eigenvalue weighted by Crippen LogP contribution is -2.60. The van der Waals surface area contributed by atoms with Crippen LogP contribution >= 0.6 is 0 Å². The second kappa shape index (κ2) is 19.1. The van der Waals surface area contributed by atoms with E-state index in [-0.39, 0.29) is 31.6 Å². The summed E-state index contributed by atoms with van der Waals surface area (Å²) in [5, 5.41) is 35.2. The van der Waals surface area contributed by atoms with Crippen LogP contribution in [0.4, 0.5) is 0 Å². The Labute approximate surface area is 344 Å². The Morgan fingerprint density at radius 2 is 1.60 bits per heavy atom. The van der Waals surface area contributed by atoms with Gasteiger partial charge in [-0.3, -0.25) is 14.4 Å². The summed E-state index contributed by atoms with van der Waals surface area (Å²) in [5.41, 5.74) is -3.33. The number of methoxy groups -OCH3 is 1. The zero-order chi connectivity index (χ0) is 43.7. The molecule has 0 aromatic heterocycles. The molecule has 4 aliphatic rings. The van der Waals surface area contributed by atoms with Gasteiger partial charge in [-0.05, 0) is 87.9 Å². The summed E-state index contributed by atoms with van der Waals surface area (Å²) in [5.74, 6) is -4.13. The Morgan fingerprint density at radius 1 is 0.948 bits per heavy atom. The zero-order valence-electron chi connectivity index (χ0n) is 37.0. The fraction of sp³-hybridized carbons (Fsp3) is 0.881. The van der Waals surface area contributed by atoms with Gasteiger partial charge in [-0.25, -0.2) is 0 Å². The largest absolute Gasteiger partial charge is 0.489 e. The lowest BCUT2D eigenvalue weighted by atomic mass is 9.78. The van der Waals surface area contributed by atoms with Crippen molar-refractivity contribution >= 4 is 17.9 Å². The molecule has 0 aromatic carbocycles. The third-order valence-corrected chi connectivity index (χ3v) is 12.8. The van der Waals surface area contributed by atoms with Gasteiger partial charge in [-0.15, -0.1) is 0 Å². The predicted molar refractivity (Wildman–Crippen MR) is 209 cm³/mol. The minimum absolute atomic E-state index is 0.0444. The second-order valence-electron chi connectivity index (χ2n) is 17.8. The lowest BCUT2D eigenvalue weighted by molar-refractivity contribution is -0.317. The van der Waals surface area contributed by atoms with E-state index in [1.54, 1.807) is 41.5 Å². The van der Waals surface area contributed by atoms with E-state index in [2.05, 4.69) is 0 Å². The standard InChI is InChI=1S/C42H71NO15/c1-15-28-42(11,49)35(47)23(5)33-21(3)19-41(10,58-33)36(57-39-32(46)27(43(12)13)17-22(4)52-39)24(6)34(25(7)38(48)54-28)56-31-20-40(9,50-14)37(26(8)53-31)55-30(45)18-29(44)51-16-2/h22-28,31-32,34-37,39,46-47,49H,15-20H2,1-14H3/t22-,23+,24+,25-,26+,27+,28-,31+,32-,34+,35-,36-,37+,39+,40-,41-,42-/m1/s1. The number of hydrogen-bond donors (Lipinski definition) is 3.